The second-order valence-corrected chi connectivity index (χ2v) is 2.27. The average Bonchev–Trinajstić information content (AvgIpc) is 1.88. The Bertz CT molecular complexity index is 200. The van der Waals surface area contributed by atoms with Crippen LogP contribution in [0.1, 0.15) is 0 Å². The van der Waals surface area contributed by atoms with Crippen molar-refractivity contribution in [2.24, 2.45) is 0 Å². The number of amides is 1. The van der Waals surface area contributed by atoms with Gasteiger partial charge in [0.05, 0.1) is 0 Å². The van der Waals surface area contributed by atoms with Gasteiger partial charge in [-0.3, -0.25) is 5.32 Å². The van der Waals surface area contributed by atoms with E-state index in [1.165, 1.54) is 11.9 Å². The monoisotopic (exact) mass is 158 g/mol. The van der Waals surface area contributed by atoms with Crippen molar-refractivity contribution in [3.8, 4) is 0 Å². The zero-order valence-corrected chi connectivity index (χ0v) is 5.81. The summed E-state index contributed by atoms with van der Waals surface area (Å²) in [6.45, 7) is 0. The Morgan fingerprint density at radius 1 is 1.80 bits per heavy atom. The van der Waals surface area contributed by atoms with Crippen LogP contribution >= 0.6 is 11.9 Å². The fourth-order valence-electron chi connectivity index (χ4n) is 0.489. The molecule has 1 aliphatic heterocycles. The lowest BCUT2D eigenvalue weighted by atomic mass is 10.5. The fourth-order valence-corrected chi connectivity index (χ4v) is 0.960. The van der Waals surface area contributed by atoms with E-state index in [9.17, 15) is 4.79 Å². The molecule has 10 heavy (non-hydrogen) atoms. The van der Waals surface area contributed by atoms with E-state index in [-0.39, 0.29) is 0 Å². The highest BCUT2D eigenvalue weighted by molar-refractivity contribution is 8.00. The molecule has 0 aliphatic carbocycles. The summed E-state index contributed by atoms with van der Waals surface area (Å²) >= 11 is 1.32. The van der Waals surface area contributed by atoms with Crippen molar-refractivity contribution in [3.05, 3.63) is 23.4 Å². The largest absolute Gasteiger partial charge is 0.465 e. The highest BCUT2D eigenvalue weighted by Crippen LogP contribution is 2.05. The summed E-state index contributed by atoms with van der Waals surface area (Å²) < 4.78 is 2.75. The zero-order chi connectivity index (χ0) is 7.40. The van der Waals surface area contributed by atoms with Crippen molar-refractivity contribution in [1.82, 2.24) is 10.0 Å². The number of nitrogens with one attached hydrogen (secondary N) is 2. The molecule has 0 saturated heterocycles. The molecule has 0 atom stereocenters. The molecule has 1 amide bonds. The summed E-state index contributed by atoms with van der Waals surface area (Å²) in [6, 6.07) is 0. The van der Waals surface area contributed by atoms with Gasteiger partial charge in [-0.2, -0.15) is 0 Å². The maximum atomic E-state index is 10.0. The number of carbonyl (C=O) groups is 1. The van der Waals surface area contributed by atoms with Crippen LogP contribution in [0, 0.1) is 0 Å². The normalized spacial score (nSPS) is 15.4. The lowest BCUT2D eigenvalue weighted by Gasteiger charge is -2.08. The highest BCUT2D eigenvalue weighted by atomic mass is 32.2. The summed E-state index contributed by atoms with van der Waals surface area (Å²) in [4.78, 5) is 10.0. The summed E-state index contributed by atoms with van der Waals surface area (Å²) in [7, 11) is 0. The number of rotatable bonds is 1. The molecular formula is C5H6N2O2S. The van der Waals surface area contributed by atoms with Gasteiger partial charge in [0, 0.05) is 0 Å². The van der Waals surface area contributed by atoms with E-state index in [1.54, 1.807) is 12.2 Å². The first-order chi connectivity index (χ1) is 4.79. The number of carboxylic acid groups (broad SMARTS) is 1. The highest BCUT2D eigenvalue weighted by Gasteiger charge is 2.00. The van der Waals surface area contributed by atoms with Crippen molar-refractivity contribution in [1.29, 1.82) is 0 Å². The molecule has 54 valence electrons. The molecule has 0 aromatic heterocycles. The Balaban J connectivity index is 2.47. The van der Waals surface area contributed by atoms with Crippen molar-refractivity contribution in [2.45, 2.75) is 0 Å². The first-order valence-electron chi connectivity index (χ1n) is 2.57. The third kappa shape index (κ3) is 2.02. The standard InChI is InChI=1S/C5H6N2O2S/c8-5(9)6-4-2-1-3-10-7-4/h1-3,6-7H,(H,8,9). The van der Waals surface area contributed by atoms with Gasteiger partial charge in [-0.1, -0.05) is 6.08 Å². The molecule has 0 spiro atoms. The molecule has 3 N–H and O–H groups in total. The molecule has 0 bridgehead atoms. The fraction of sp³-hybridized carbons (Fsp3) is 0. The minimum atomic E-state index is -1.06. The third-order valence-corrected chi connectivity index (χ3v) is 1.45. The Hall–Kier alpha value is -1.10. The third-order valence-electron chi connectivity index (χ3n) is 0.820. The van der Waals surface area contributed by atoms with E-state index in [4.69, 9.17) is 5.11 Å². The van der Waals surface area contributed by atoms with Gasteiger partial charge in [0.15, 0.2) is 0 Å². The first kappa shape index (κ1) is 7.01. The molecule has 4 nitrogen and oxygen atoms in total. The van der Waals surface area contributed by atoms with Crippen LogP contribution in [-0.4, -0.2) is 11.2 Å². The molecule has 5 heteroatoms. The molecule has 0 radical (unpaired) electrons. The minimum absolute atomic E-state index is 0.486. The van der Waals surface area contributed by atoms with Crippen LogP contribution in [-0.2, 0) is 0 Å². The van der Waals surface area contributed by atoms with E-state index < -0.39 is 6.09 Å². The lowest BCUT2D eigenvalue weighted by molar-refractivity contribution is 0.197. The van der Waals surface area contributed by atoms with Crippen LogP contribution in [0.25, 0.3) is 0 Å². The molecule has 0 aromatic carbocycles. The predicted octanol–water partition coefficient (Wildman–Crippen LogP) is 0.861. The smallest absolute Gasteiger partial charge is 0.410 e. The van der Waals surface area contributed by atoms with Crippen LogP contribution in [0.15, 0.2) is 23.4 Å². The second-order valence-electron chi connectivity index (χ2n) is 1.56. The summed E-state index contributed by atoms with van der Waals surface area (Å²) in [5.74, 6) is 0.486. The van der Waals surface area contributed by atoms with Gasteiger partial charge in [0.25, 0.3) is 0 Å². The number of hydrogen-bond donors (Lipinski definition) is 3. The Labute approximate surface area is 62.1 Å². The van der Waals surface area contributed by atoms with Crippen LogP contribution in [0.4, 0.5) is 4.79 Å². The average molecular weight is 158 g/mol. The van der Waals surface area contributed by atoms with Crippen molar-refractivity contribution >= 4 is 18.0 Å². The van der Waals surface area contributed by atoms with Gasteiger partial charge < -0.3 is 9.83 Å². The van der Waals surface area contributed by atoms with E-state index in [1.807, 2.05) is 5.41 Å². The maximum absolute atomic E-state index is 10.0. The van der Waals surface area contributed by atoms with E-state index >= 15 is 0 Å². The van der Waals surface area contributed by atoms with Crippen molar-refractivity contribution in [3.63, 3.8) is 0 Å². The van der Waals surface area contributed by atoms with Crippen molar-refractivity contribution in [2.75, 3.05) is 0 Å². The molecule has 0 saturated carbocycles. The predicted molar refractivity (Wildman–Crippen MR) is 39.1 cm³/mol. The Kier molecular flexibility index (Phi) is 2.22. The second kappa shape index (κ2) is 3.17. The van der Waals surface area contributed by atoms with E-state index in [2.05, 4.69) is 10.0 Å². The molecule has 0 aromatic rings. The number of hydrogen-bond acceptors (Lipinski definition) is 3. The zero-order valence-electron chi connectivity index (χ0n) is 5.00. The molecule has 1 heterocycles. The molecule has 1 rings (SSSR count). The Morgan fingerprint density at radius 3 is 3.10 bits per heavy atom. The number of allylic oxidation sites excluding steroid dienone is 2. The van der Waals surface area contributed by atoms with Gasteiger partial charge in [-0.15, -0.1) is 0 Å². The quantitative estimate of drug-likeness (QED) is 0.495. The summed E-state index contributed by atoms with van der Waals surface area (Å²) in [5.41, 5.74) is 0. The summed E-state index contributed by atoms with van der Waals surface area (Å²) in [5, 5.41) is 12.2. The topological polar surface area (TPSA) is 61.4 Å². The van der Waals surface area contributed by atoms with Gasteiger partial charge >= 0.3 is 6.09 Å². The molecule has 0 unspecified atom stereocenters. The van der Waals surface area contributed by atoms with Gasteiger partial charge in [-0.05, 0) is 23.4 Å². The van der Waals surface area contributed by atoms with Crippen LogP contribution in [0.3, 0.4) is 0 Å². The van der Waals surface area contributed by atoms with E-state index in [0.717, 1.165) is 0 Å². The summed E-state index contributed by atoms with van der Waals surface area (Å²) in [6.07, 6.45) is 2.34. The maximum Gasteiger partial charge on any atom is 0.410 e. The molecule has 0 fully saturated rings. The van der Waals surface area contributed by atoms with Gasteiger partial charge in [0.2, 0.25) is 0 Å². The van der Waals surface area contributed by atoms with Crippen molar-refractivity contribution < 1.29 is 9.90 Å². The SMILES string of the molecule is O=C(O)NC1=CC=CSN1. The lowest BCUT2D eigenvalue weighted by Crippen LogP contribution is -2.27. The van der Waals surface area contributed by atoms with Crippen LogP contribution in [0.2, 0.25) is 0 Å². The molecular weight excluding hydrogens is 152 g/mol. The van der Waals surface area contributed by atoms with E-state index in [0.29, 0.717) is 5.82 Å². The van der Waals surface area contributed by atoms with Crippen LogP contribution < -0.4 is 10.0 Å². The minimum Gasteiger partial charge on any atom is -0.465 e. The molecule has 1 aliphatic rings. The van der Waals surface area contributed by atoms with Gasteiger partial charge in [0.1, 0.15) is 5.82 Å². The van der Waals surface area contributed by atoms with Crippen LogP contribution in [0.5, 0.6) is 0 Å². The van der Waals surface area contributed by atoms with Gasteiger partial charge in [-0.25, -0.2) is 4.79 Å². The first-order valence-corrected chi connectivity index (χ1v) is 3.45. The Morgan fingerprint density at radius 2 is 2.60 bits per heavy atom.